The van der Waals surface area contributed by atoms with Gasteiger partial charge in [-0.2, -0.15) is 0 Å². The van der Waals surface area contributed by atoms with Crippen LogP contribution in [0.2, 0.25) is 0 Å². The Morgan fingerprint density at radius 1 is 1.36 bits per heavy atom. The summed E-state index contributed by atoms with van der Waals surface area (Å²) in [7, 11) is 0. The molecule has 1 aromatic rings. The lowest BCUT2D eigenvalue weighted by Gasteiger charge is -2.29. The smallest absolute Gasteiger partial charge is 0.227 e. The molecule has 2 fully saturated rings. The molecule has 0 bridgehead atoms. The van der Waals surface area contributed by atoms with Crippen molar-refractivity contribution < 1.29 is 9.53 Å². The number of carbonyl (C=O) groups excluding carboxylic acids is 1. The van der Waals surface area contributed by atoms with E-state index in [0.29, 0.717) is 11.8 Å². The van der Waals surface area contributed by atoms with Crippen LogP contribution in [-0.2, 0) is 22.5 Å². The second-order valence-electron chi connectivity index (χ2n) is 6.85. The minimum absolute atomic E-state index is 0.211. The van der Waals surface area contributed by atoms with E-state index in [1.165, 1.54) is 16.9 Å². The minimum atomic E-state index is 0.211. The molecular weight excluding hydrogens is 296 g/mol. The molecule has 0 aliphatic carbocycles. The fourth-order valence-electron chi connectivity index (χ4n) is 3.99. The lowest BCUT2D eigenvalue weighted by atomic mass is 10.0. The normalized spacial score (nSPS) is 29.0. The van der Waals surface area contributed by atoms with Gasteiger partial charge in [0.25, 0.3) is 0 Å². The van der Waals surface area contributed by atoms with Crippen LogP contribution in [0.25, 0.3) is 0 Å². The van der Waals surface area contributed by atoms with Crippen LogP contribution >= 0.6 is 11.3 Å². The Morgan fingerprint density at radius 2 is 2.32 bits per heavy atom. The van der Waals surface area contributed by atoms with E-state index in [9.17, 15) is 4.79 Å². The van der Waals surface area contributed by atoms with Gasteiger partial charge in [-0.3, -0.25) is 4.79 Å². The lowest BCUT2D eigenvalue weighted by Crippen LogP contribution is -2.40. The third kappa shape index (κ3) is 2.94. The van der Waals surface area contributed by atoms with Crippen molar-refractivity contribution >= 4 is 17.2 Å². The standard InChI is InChI=1S/C17H24N2O2S/c20-17(19-6-2-16-14(11-19)4-8-22-16)15-1-5-18(10-15)9-13-3-7-21-12-13/h4,8,13,15H,1-3,5-7,9-12H2. The summed E-state index contributed by atoms with van der Waals surface area (Å²) in [5.74, 6) is 1.27. The maximum absolute atomic E-state index is 12.8. The van der Waals surface area contributed by atoms with Gasteiger partial charge in [-0.05, 0) is 48.7 Å². The van der Waals surface area contributed by atoms with Crippen LogP contribution in [0.3, 0.4) is 0 Å². The number of amides is 1. The van der Waals surface area contributed by atoms with Crippen LogP contribution in [-0.4, -0.2) is 55.1 Å². The average molecular weight is 320 g/mol. The number of fused-ring (bicyclic) bond motifs is 1. The first kappa shape index (κ1) is 14.7. The van der Waals surface area contributed by atoms with Crippen molar-refractivity contribution in [1.29, 1.82) is 0 Å². The van der Waals surface area contributed by atoms with Crippen molar-refractivity contribution in [2.24, 2.45) is 11.8 Å². The summed E-state index contributed by atoms with van der Waals surface area (Å²) in [6.45, 7) is 6.68. The van der Waals surface area contributed by atoms with Crippen LogP contribution in [0.4, 0.5) is 0 Å². The van der Waals surface area contributed by atoms with E-state index in [-0.39, 0.29) is 5.92 Å². The average Bonchev–Trinajstić information content (AvgIpc) is 3.27. The molecule has 1 aromatic heterocycles. The molecule has 120 valence electrons. The maximum Gasteiger partial charge on any atom is 0.227 e. The number of thiophene rings is 1. The number of hydrogen-bond donors (Lipinski definition) is 0. The van der Waals surface area contributed by atoms with Crippen molar-refractivity contribution in [3.8, 4) is 0 Å². The Morgan fingerprint density at radius 3 is 3.18 bits per heavy atom. The Hall–Kier alpha value is -0.910. The number of likely N-dealkylation sites (tertiary alicyclic amines) is 1. The lowest BCUT2D eigenvalue weighted by molar-refractivity contribution is -0.136. The summed E-state index contributed by atoms with van der Waals surface area (Å²) < 4.78 is 5.46. The molecule has 3 aliphatic rings. The van der Waals surface area contributed by atoms with Gasteiger partial charge in [0.05, 0.1) is 12.5 Å². The van der Waals surface area contributed by atoms with Crippen molar-refractivity contribution in [1.82, 2.24) is 9.80 Å². The molecule has 1 amide bonds. The van der Waals surface area contributed by atoms with Gasteiger partial charge < -0.3 is 14.5 Å². The fraction of sp³-hybridized carbons (Fsp3) is 0.706. The minimum Gasteiger partial charge on any atom is -0.381 e. The number of carbonyl (C=O) groups is 1. The molecule has 2 atom stereocenters. The molecule has 5 heteroatoms. The SMILES string of the molecule is O=C(C1CCN(CC2CCOC2)C1)N1CCc2sccc2C1. The molecule has 0 radical (unpaired) electrons. The number of hydrogen-bond acceptors (Lipinski definition) is 4. The van der Waals surface area contributed by atoms with Gasteiger partial charge in [-0.25, -0.2) is 0 Å². The largest absolute Gasteiger partial charge is 0.381 e. The van der Waals surface area contributed by atoms with Crippen LogP contribution in [0.15, 0.2) is 11.4 Å². The van der Waals surface area contributed by atoms with Gasteiger partial charge in [0.15, 0.2) is 0 Å². The van der Waals surface area contributed by atoms with Crippen molar-refractivity contribution in [2.45, 2.75) is 25.8 Å². The molecule has 4 nitrogen and oxygen atoms in total. The van der Waals surface area contributed by atoms with E-state index < -0.39 is 0 Å². The van der Waals surface area contributed by atoms with Gasteiger partial charge in [0.2, 0.25) is 5.91 Å². The summed E-state index contributed by atoms with van der Waals surface area (Å²) in [4.78, 5) is 18.8. The van der Waals surface area contributed by atoms with E-state index in [1.54, 1.807) is 0 Å². The van der Waals surface area contributed by atoms with Crippen molar-refractivity contribution in [3.05, 3.63) is 21.9 Å². The Labute approximate surface area is 136 Å². The molecule has 22 heavy (non-hydrogen) atoms. The Bertz CT molecular complexity index is 539. The fourth-order valence-corrected chi connectivity index (χ4v) is 4.88. The van der Waals surface area contributed by atoms with Crippen LogP contribution in [0, 0.1) is 11.8 Å². The van der Waals surface area contributed by atoms with Crippen molar-refractivity contribution in [3.63, 3.8) is 0 Å². The molecule has 0 spiro atoms. The number of rotatable bonds is 3. The van der Waals surface area contributed by atoms with Crippen LogP contribution < -0.4 is 0 Å². The molecule has 2 unspecified atom stereocenters. The highest BCUT2D eigenvalue weighted by atomic mass is 32.1. The second kappa shape index (κ2) is 6.30. The summed E-state index contributed by atoms with van der Waals surface area (Å²) in [5.41, 5.74) is 1.36. The van der Waals surface area contributed by atoms with Gasteiger partial charge in [-0.15, -0.1) is 11.3 Å². The molecule has 2 saturated heterocycles. The molecule has 4 heterocycles. The van der Waals surface area contributed by atoms with Gasteiger partial charge in [0.1, 0.15) is 0 Å². The molecule has 0 aromatic carbocycles. The quantitative estimate of drug-likeness (QED) is 0.854. The summed E-state index contributed by atoms with van der Waals surface area (Å²) >= 11 is 1.83. The molecule has 4 rings (SSSR count). The topological polar surface area (TPSA) is 32.8 Å². The predicted molar refractivity (Wildman–Crippen MR) is 86.9 cm³/mol. The Kier molecular flexibility index (Phi) is 4.20. The van der Waals surface area contributed by atoms with Gasteiger partial charge in [-0.1, -0.05) is 0 Å². The van der Waals surface area contributed by atoms with Crippen LogP contribution in [0.5, 0.6) is 0 Å². The van der Waals surface area contributed by atoms with Crippen LogP contribution in [0.1, 0.15) is 23.3 Å². The maximum atomic E-state index is 12.8. The highest BCUT2D eigenvalue weighted by Gasteiger charge is 2.34. The third-order valence-corrected chi connectivity index (χ3v) is 6.30. The van der Waals surface area contributed by atoms with Gasteiger partial charge >= 0.3 is 0 Å². The predicted octanol–water partition coefficient (Wildman–Crippen LogP) is 1.99. The highest BCUT2D eigenvalue weighted by Crippen LogP contribution is 2.27. The zero-order chi connectivity index (χ0) is 14.9. The number of ether oxygens (including phenoxy) is 1. The van der Waals surface area contributed by atoms with E-state index in [2.05, 4.69) is 21.2 Å². The summed E-state index contributed by atoms with van der Waals surface area (Å²) in [6, 6.07) is 2.18. The molecular formula is C17H24N2O2S. The van der Waals surface area contributed by atoms with Gasteiger partial charge in [0, 0.05) is 37.7 Å². The monoisotopic (exact) mass is 320 g/mol. The van der Waals surface area contributed by atoms with Crippen molar-refractivity contribution in [2.75, 3.05) is 39.4 Å². The first-order valence-electron chi connectivity index (χ1n) is 8.44. The highest BCUT2D eigenvalue weighted by molar-refractivity contribution is 7.10. The third-order valence-electron chi connectivity index (χ3n) is 5.28. The summed E-state index contributed by atoms with van der Waals surface area (Å²) in [5, 5.41) is 2.15. The second-order valence-corrected chi connectivity index (χ2v) is 7.85. The van der Waals surface area contributed by atoms with E-state index >= 15 is 0 Å². The molecule has 0 saturated carbocycles. The molecule has 0 N–H and O–H groups in total. The zero-order valence-corrected chi connectivity index (χ0v) is 13.8. The number of nitrogens with zero attached hydrogens (tertiary/aromatic N) is 2. The van der Waals surface area contributed by atoms with E-state index in [0.717, 1.165) is 58.8 Å². The van der Waals surface area contributed by atoms with E-state index in [1.807, 2.05) is 11.3 Å². The van der Waals surface area contributed by atoms with E-state index in [4.69, 9.17) is 4.74 Å². The Balaban J connectivity index is 1.32. The molecule has 3 aliphatic heterocycles. The summed E-state index contributed by atoms with van der Waals surface area (Å²) in [6.07, 6.45) is 3.25. The first-order valence-corrected chi connectivity index (χ1v) is 9.31. The zero-order valence-electron chi connectivity index (χ0n) is 13.0. The first-order chi connectivity index (χ1) is 10.8.